The Balaban J connectivity index is 2.36. The smallest absolute Gasteiger partial charge is 0.323 e. The van der Waals surface area contributed by atoms with Crippen LogP contribution in [0.25, 0.3) is 0 Å². The molecule has 1 saturated carbocycles. The Labute approximate surface area is 128 Å². The van der Waals surface area contributed by atoms with Gasteiger partial charge in [0.15, 0.2) is 0 Å². The van der Waals surface area contributed by atoms with Crippen molar-refractivity contribution in [1.82, 2.24) is 4.90 Å². The minimum absolute atomic E-state index is 0.303. The van der Waals surface area contributed by atoms with Gasteiger partial charge in [-0.05, 0) is 30.2 Å². The number of aryl methyl sites for hydroxylation is 1. The molecule has 0 spiro atoms. The lowest BCUT2D eigenvalue weighted by Gasteiger charge is -2.25. The van der Waals surface area contributed by atoms with Gasteiger partial charge in [-0.25, -0.2) is 8.78 Å². The van der Waals surface area contributed by atoms with Gasteiger partial charge in [0, 0.05) is 17.4 Å². The molecule has 0 saturated heterocycles. The zero-order valence-electron chi connectivity index (χ0n) is 11.3. The van der Waals surface area contributed by atoms with Crippen molar-refractivity contribution in [2.75, 3.05) is 13.1 Å². The maximum Gasteiger partial charge on any atom is 0.323 e. The first-order chi connectivity index (χ1) is 9.72. The van der Waals surface area contributed by atoms with Gasteiger partial charge < -0.3 is 10.0 Å². The first kappa shape index (κ1) is 15.9. The molecule has 2 rings (SSSR count). The predicted octanol–water partition coefficient (Wildman–Crippen LogP) is 2.58. The molecule has 1 aromatic rings. The Morgan fingerprint density at radius 1 is 1.52 bits per heavy atom. The van der Waals surface area contributed by atoms with Crippen molar-refractivity contribution in [3.8, 4) is 0 Å². The highest BCUT2D eigenvalue weighted by atomic mass is 79.9. The van der Waals surface area contributed by atoms with Gasteiger partial charge in [0.25, 0.3) is 5.92 Å². The molecular formula is C14H14BrF2NO3. The molecule has 1 aromatic carbocycles. The second-order valence-electron chi connectivity index (χ2n) is 5.33. The maximum atomic E-state index is 14.0. The molecule has 0 radical (unpaired) electrons. The number of benzene rings is 1. The van der Waals surface area contributed by atoms with E-state index >= 15 is 0 Å². The molecule has 1 aliphatic carbocycles. The number of hydrogen-bond donors (Lipinski definition) is 1. The lowest BCUT2D eigenvalue weighted by Crippen LogP contribution is -2.38. The largest absolute Gasteiger partial charge is 0.480 e. The highest BCUT2D eigenvalue weighted by Gasteiger charge is 2.72. The first-order valence-electron chi connectivity index (χ1n) is 6.27. The van der Waals surface area contributed by atoms with Crippen LogP contribution in [0, 0.1) is 6.92 Å². The highest BCUT2D eigenvalue weighted by Crippen LogP contribution is 2.62. The van der Waals surface area contributed by atoms with Crippen LogP contribution in [0.5, 0.6) is 0 Å². The van der Waals surface area contributed by atoms with Crippen LogP contribution in [0.1, 0.15) is 17.5 Å². The quantitative estimate of drug-likeness (QED) is 0.792. The number of rotatable bonds is 6. The molecular weight excluding hydrogens is 348 g/mol. The lowest BCUT2D eigenvalue weighted by molar-refractivity contribution is -0.141. The van der Waals surface area contributed by atoms with Crippen molar-refractivity contribution in [2.45, 2.75) is 24.7 Å². The summed E-state index contributed by atoms with van der Waals surface area (Å²) in [5, 5.41) is 8.74. The molecule has 0 heterocycles. The second-order valence-corrected chi connectivity index (χ2v) is 6.24. The Hall–Kier alpha value is -1.50. The minimum Gasteiger partial charge on any atom is -0.480 e. The monoisotopic (exact) mass is 361 g/mol. The normalized spacial score (nSPS) is 22.7. The van der Waals surface area contributed by atoms with E-state index in [-0.39, 0.29) is 13.0 Å². The van der Waals surface area contributed by atoms with Gasteiger partial charge in [-0.2, -0.15) is 0 Å². The fraction of sp³-hybridized carbons (Fsp3) is 0.429. The number of hydrogen-bond acceptors (Lipinski definition) is 2. The zero-order valence-corrected chi connectivity index (χ0v) is 12.9. The standard InChI is InChI=1S/C14H14BrF2NO3/c1-9-2-3-10(15)4-11(9)13(6-14(13,16)17)7-18(8-19)5-12(20)21/h2-4,8H,5-7H2,1H3,(H,20,21). The van der Waals surface area contributed by atoms with Crippen molar-refractivity contribution in [2.24, 2.45) is 0 Å². The molecule has 4 nitrogen and oxygen atoms in total. The van der Waals surface area contributed by atoms with Crippen LogP contribution >= 0.6 is 15.9 Å². The Morgan fingerprint density at radius 2 is 2.14 bits per heavy atom. The highest BCUT2D eigenvalue weighted by molar-refractivity contribution is 9.10. The van der Waals surface area contributed by atoms with E-state index in [0.29, 0.717) is 22.0 Å². The summed E-state index contributed by atoms with van der Waals surface area (Å²) in [6.45, 7) is 0.821. The molecule has 1 aliphatic rings. The van der Waals surface area contributed by atoms with Crippen molar-refractivity contribution in [3.05, 3.63) is 33.8 Å². The average Bonchev–Trinajstić information content (AvgIpc) is 2.93. The van der Waals surface area contributed by atoms with Gasteiger partial charge in [0.2, 0.25) is 6.41 Å². The van der Waals surface area contributed by atoms with E-state index in [1.54, 1.807) is 25.1 Å². The van der Waals surface area contributed by atoms with E-state index in [0.717, 1.165) is 4.90 Å². The number of halogens is 3. The summed E-state index contributed by atoms with van der Waals surface area (Å²) < 4.78 is 28.6. The van der Waals surface area contributed by atoms with Crippen LogP contribution in [-0.2, 0) is 15.0 Å². The second kappa shape index (κ2) is 5.36. The molecule has 21 heavy (non-hydrogen) atoms. The predicted molar refractivity (Wildman–Crippen MR) is 75.4 cm³/mol. The first-order valence-corrected chi connectivity index (χ1v) is 7.07. The number of carbonyl (C=O) groups excluding carboxylic acids is 1. The SMILES string of the molecule is Cc1ccc(Br)cc1C1(CN(C=O)CC(=O)O)CC1(F)F. The Kier molecular flexibility index (Phi) is 4.06. The molecule has 1 atom stereocenters. The van der Waals surface area contributed by atoms with Crippen molar-refractivity contribution >= 4 is 28.3 Å². The summed E-state index contributed by atoms with van der Waals surface area (Å²) in [7, 11) is 0. The van der Waals surface area contributed by atoms with E-state index in [1.165, 1.54) is 0 Å². The molecule has 1 unspecified atom stereocenters. The maximum absolute atomic E-state index is 14.0. The summed E-state index contributed by atoms with van der Waals surface area (Å²) in [5.74, 6) is -4.18. The van der Waals surface area contributed by atoms with E-state index in [4.69, 9.17) is 5.11 Å². The number of amides is 1. The molecule has 1 N–H and O–H groups in total. The third kappa shape index (κ3) is 2.92. The van der Waals surface area contributed by atoms with Gasteiger partial charge in [-0.15, -0.1) is 0 Å². The minimum atomic E-state index is -2.95. The van der Waals surface area contributed by atoms with Crippen LogP contribution in [-0.4, -0.2) is 41.4 Å². The summed E-state index contributed by atoms with van der Waals surface area (Å²) in [6.07, 6.45) is -0.0845. The van der Waals surface area contributed by atoms with E-state index in [9.17, 15) is 18.4 Å². The number of nitrogens with zero attached hydrogens (tertiary/aromatic N) is 1. The number of aliphatic carboxylic acids is 1. The fourth-order valence-corrected chi connectivity index (χ4v) is 3.01. The Bertz CT molecular complexity index is 594. The van der Waals surface area contributed by atoms with Gasteiger partial charge in [-0.1, -0.05) is 22.0 Å². The van der Waals surface area contributed by atoms with E-state index in [1.807, 2.05) is 0 Å². The van der Waals surface area contributed by atoms with E-state index < -0.39 is 23.9 Å². The van der Waals surface area contributed by atoms with Crippen molar-refractivity contribution in [3.63, 3.8) is 0 Å². The van der Waals surface area contributed by atoms with Crippen LogP contribution in [0.15, 0.2) is 22.7 Å². The number of carboxylic acid groups (broad SMARTS) is 1. The summed E-state index contributed by atoms with van der Waals surface area (Å²) >= 11 is 3.26. The van der Waals surface area contributed by atoms with Crippen molar-refractivity contribution in [1.29, 1.82) is 0 Å². The molecule has 0 aliphatic heterocycles. The van der Waals surface area contributed by atoms with Gasteiger partial charge in [-0.3, -0.25) is 9.59 Å². The van der Waals surface area contributed by atoms with Crippen LogP contribution in [0.4, 0.5) is 8.78 Å². The fourth-order valence-electron chi connectivity index (χ4n) is 2.64. The summed E-state index contributed by atoms with van der Waals surface area (Å²) in [5.41, 5.74) is -0.368. The van der Waals surface area contributed by atoms with Gasteiger partial charge >= 0.3 is 5.97 Å². The van der Waals surface area contributed by atoms with E-state index in [2.05, 4.69) is 15.9 Å². The summed E-state index contributed by atoms with van der Waals surface area (Å²) in [6, 6.07) is 5.08. The topological polar surface area (TPSA) is 57.6 Å². The third-order valence-corrected chi connectivity index (χ3v) is 4.27. The third-order valence-electron chi connectivity index (χ3n) is 3.77. The van der Waals surface area contributed by atoms with Gasteiger partial charge in [0.1, 0.15) is 6.54 Å². The number of carboxylic acids is 1. The van der Waals surface area contributed by atoms with Crippen LogP contribution < -0.4 is 0 Å². The van der Waals surface area contributed by atoms with Gasteiger partial charge in [0.05, 0.1) is 5.41 Å². The molecule has 114 valence electrons. The molecule has 0 bridgehead atoms. The van der Waals surface area contributed by atoms with Crippen LogP contribution in [0.3, 0.4) is 0 Å². The lowest BCUT2D eigenvalue weighted by atomic mass is 9.90. The molecule has 7 heteroatoms. The number of alkyl halides is 2. The van der Waals surface area contributed by atoms with Crippen LogP contribution in [0.2, 0.25) is 0 Å². The zero-order chi connectivity index (χ0) is 15.8. The number of carbonyl (C=O) groups is 2. The molecule has 1 amide bonds. The molecule has 0 aromatic heterocycles. The van der Waals surface area contributed by atoms with Crippen molar-refractivity contribution < 1.29 is 23.5 Å². The summed E-state index contributed by atoms with van der Waals surface area (Å²) in [4.78, 5) is 22.5. The Morgan fingerprint density at radius 3 is 2.62 bits per heavy atom. The average molecular weight is 362 g/mol. The molecule has 1 fully saturated rings.